The predicted octanol–water partition coefficient (Wildman–Crippen LogP) is 1.55. The van der Waals surface area contributed by atoms with Gasteiger partial charge in [-0.1, -0.05) is 16.8 Å². The Bertz CT molecular complexity index is 685. The Morgan fingerprint density at radius 1 is 1.50 bits per heavy atom. The first-order chi connectivity index (χ1) is 9.52. The largest absolute Gasteiger partial charge is 0.409 e. The number of carbonyl (C=O) groups excluding carboxylic acids is 1. The maximum atomic E-state index is 13.6. The van der Waals surface area contributed by atoms with Gasteiger partial charge in [0.1, 0.15) is 11.6 Å². The molecule has 0 bridgehead atoms. The van der Waals surface area contributed by atoms with Gasteiger partial charge in [-0.2, -0.15) is 5.10 Å². The van der Waals surface area contributed by atoms with Gasteiger partial charge in [0.2, 0.25) is 0 Å². The monoisotopic (exact) mass is 297 g/mol. The van der Waals surface area contributed by atoms with E-state index >= 15 is 0 Å². The average Bonchev–Trinajstić information content (AvgIpc) is 2.85. The molecule has 5 N–H and O–H groups in total. The highest BCUT2D eigenvalue weighted by Gasteiger charge is 2.16. The maximum absolute atomic E-state index is 13.6. The lowest BCUT2D eigenvalue weighted by atomic mass is 10.2. The van der Waals surface area contributed by atoms with Crippen molar-refractivity contribution in [3.8, 4) is 0 Å². The average molecular weight is 298 g/mol. The smallest absolute Gasteiger partial charge is 0.259 e. The number of amides is 1. The first-order valence-electron chi connectivity index (χ1n) is 5.30. The highest BCUT2D eigenvalue weighted by molar-refractivity contribution is 6.30. The lowest BCUT2D eigenvalue weighted by Gasteiger charge is -2.06. The number of halogens is 2. The molecule has 0 fully saturated rings. The van der Waals surface area contributed by atoms with Crippen LogP contribution in [-0.2, 0) is 0 Å². The van der Waals surface area contributed by atoms with Crippen LogP contribution in [0.1, 0.15) is 15.9 Å². The molecule has 1 aromatic heterocycles. The summed E-state index contributed by atoms with van der Waals surface area (Å²) in [5.41, 5.74) is 5.38. The Balaban J connectivity index is 2.26. The number of rotatable bonds is 3. The van der Waals surface area contributed by atoms with Crippen LogP contribution in [0.3, 0.4) is 0 Å². The summed E-state index contributed by atoms with van der Waals surface area (Å²) >= 11 is 5.60. The molecule has 7 nitrogen and oxygen atoms in total. The van der Waals surface area contributed by atoms with Crippen LogP contribution in [0.2, 0.25) is 5.02 Å². The fourth-order valence-electron chi connectivity index (χ4n) is 1.48. The Labute approximate surface area is 117 Å². The highest BCUT2D eigenvalue weighted by Crippen LogP contribution is 2.17. The van der Waals surface area contributed by atoms with E-state index in [-0.39, 0.29) is 27.8 Å². The second-order valence-corrected chi connectivity index (χ2v) is 4.16. The van der Waals surface area contributed by atoms with Crippen LogP contribution in [-0.4, -0.2) is 27.1 Å². The summed E-state index contributed by atoms with van der Waals surface area (Å²) < 4.78 is 13.6. The molecule has 0 spiro atoms. The number of amidine groups is 1. The Morgan fingerprint density at radius 3 is 2.90 bits per heavy atom. The van der Waals surface area contributed by atoms with Gasteiger partial charge in [-0.15, -0.1) is 0 Å². The van der Waals surface area contributed by atoms with Crippen molar-refractivity contribution in [1.82, 2.24) is 10.2 Å². The second-order valence-electron chi connectivity index (χ2n) is 3.72. The molecule has 2 aromatic rings. The van der Waals surface area contributed by atoms with Gasteiger partial charge in [-0.05, 0) is 18.2 Å². The third-order valence-corrected chi connectivity index (χ3v) is 2.67. The maximum Gasteiger partial charge on any atom is 0.259 e. The van der Waals surface area contributed by atoms with Crippen molar-refractivity contribution in [2.45, 2.75) is 0 Å². The molecule has 0 aliphatic carbocycles. The highest BCUT2D eigenvalue weighted by atomic mass is 35.5. The second kappa shape index (κ2) is 5.57. The number of H-pyrrole nitrogens is 1. The Hall–Kier alpha value is -2.61. The van der Waals surface area contributed by atoms with Crippen LogP contribution in [0.4, 0.5) is 10.2 Å². The van der Waals surface area contributed by atoms with Gasteiger partial charge in [0, 0.05) is 5.02 Å². The van der Waals surface area contributed by atoms with Gasteiger partial charge in [-0.25, -0.2) is 4.39 Å². The van der Waals surface area contributed by atoms with Crippen molar-refractivity contribution < 1.29 is 14.4 Å². The third kappa shape index (κ3) is 2.69. The molecular formula is C11H9ClFN5O2. The molecular weight excluding hydrogens is 289 g/mol. The molecule has 1 aromatic carbocycles. The number of aromatic amines is 1. The quantitative estimate of drug-likeness (QED) is 0.297. The van der Waals surface area contributed by atoms with Crippen molar-refractivity contribution in [3.05, 3.63) is 46.4 Å². The molecule has 2 rings (SSSR count). The minimum atomic E-state index is -0.764. The van der Waals surface area contributed by atoms with E-state index in [4.69, 9.17) is 22.5 Å². The van der Waals surface area contributed by atoms with Crippen LogP contribution >= 0.6 is 11.6 Å². The van der Waals surface area contributed by atoms with Crippen LogP contribution < -0.4 is 11.1 Å². The molecule has 0 radical (unpaired) electrons. The van der Waals surface area contributed by atoms with Gasteiger partial charge in [-0.3, -0.25) is 9.89 Å². The summed E-state index contributed by atoms with van der Waals surface area (Å²) in [6.45, 7) is 0. The van der Waals surface area contributed by atoms with Crippen LogP contribution in [0.15, 0.2) is 29.6 Å². The van der Waals surface area contributed by atoms with E-state index < -0.39 is 11.7 Å². The first kappa shape index (κ1) is 13.8. The number of benzene rings is 1. The number of nitrogens with zero attached hydrogens (tertiary/aromatic N) is 2. The zero-order chi connectivity index (χ0) is 14.7. The summed E-state index contributed by atoms with van der Waals surface area (Å²) in [4.78, 5) is 11.9. The molecule has 0 saturated heterocycles. The van der Waals surface area contributed by atoms with E-state index in [1.54, 1.807) is 0 Å². The predicted molar refractivity (Wildman–Crippen MR) is 70.5 cm³/mol. The van der Waals surface area contributed by atoms with Crippen molar-refractivity contribution in [2.24, 2.45) is 10.9 Å². The number of nitrogens with one attached hydrogen (secondary N) is 2. The number of oxime groups is 1. The summed E-state index contributed by atoms with van der Waals surface area (Å²) in [6.07, 6.45) is 1.25. The third-order valence-electron chi connectivity index (χ3n) is 2.44. The molecule has 104 valence electrons. The summed E-state index contributed by atoms with van der Waals surface area (Å²) in [7, 11) is 0. The Kier molecular flexibility index (Phi) is 3.85. The van der Waals surface area contributed by atoms with E-state index in [1.807, 2.05) is 0 Å². The fourth-order valence-corrected chi connectivity index (χ4v) is 1.64. The van der Waals surface area contributed by atoms with Gasteiger partial charge in [0.05, 0.1) is 17.3 Å². The number of hydrogen-bond acceptors (Lipinski definition) is 4. The van der Waals surface area contributed by atoms with Crippen molar-refractivity contribution >= 4 is 29.2 Å². The molecule has 20 heavy (non-hydrogen) atoms. The van der Waals surface area contributed by atoms with Gasteiger partial charge >= 0.3 is 0 Å². The van der Waals surface area contributed by atoms with Crippen LogP contribution in [0, 0.1) is 5.82 Å². The zero-order valence-electron chi connectivity index (χ0n) is 9.89. The summed E-state index contributed by atoms with van der Waals surface area (Å²) in [5.74, 6) is -1.65. The lowest BCUT2D eigenvalue weighted by Crippen LogP contribution is -2.19. The topological polar surface area (TPSA) is 116 Å². The molecule has 9 heteroatoms. The summed E-state index contributed by atoms with van der Waals surface area (Å²) in [5, 5.41) is 20.0. The van der Waals surface area contributed by atoms with Gasteiger partial charge in [0.15, 0.2) is 5.84 Å². The summed E-state index contributed by atoms with van der Waals surface area (Å²) in [6, 6.07) is 3.65. The molecule has 0 saturated carbocycles. The SMILES string of the molecule is NC(=NO)c1cn[nH]c1NC(=O)c1ccc(Cl)cc1F. The normalized spacial score (nSPS) is 11.4. The Morgan fingerprint density at radius 2 is 2.25 bits per heavy atom. The van der Waals surface area contributed by atoms with Gasteiger partial charge in [0.25, 0.3) is 5.91 Å². The first-order valence-corrected chi connectivity index (χ1v) is 5.68. The standard InChI is InChI=1S/C11H9ClFN5O2/c12-5-1-2-6(8(13)3-5)11(19)16-10-7(4-15-17-10)9(14)18-20/h1-4,20H,(H2,14,18)(H2,15,16,17,19). The van der Waals surface area contributed by atoms with E-state index in [0.717, 1.165) is 6.07 Å². The molecule has 0 atom stereocenters. The number of aromatic nitrogens is 2. The minimum absolute atomic E-state index is 0.0830. The van der Waals surface area contributed by atoms with Crippen LogP contribution in [0.25, 0.3) is 0 Å². The number of hydrogen-bond donors (Lipinski definition) is 4. The minimum Gasteiger partial charge on any atom is -0.409 e. The van der Waals surface area contributed by atoms with Crippen molar-refractivity contribution in [1.29, 1.82) is 0 Å². The molecule has 0 unspecified atom stereocenters. The lowest BCUT2D eigenvalue weighted by molar-refractivity contribution is 0.102. The molecule has 1 amide bonds. The number of carbonyl (C=O) groups is 1. The molecule has 0 aliphatic heterocycles. The van der Waals surface area contributed by atoms with E-state index in [9.17, 15) is 9.18 Å². The van der Waals surface area contributed by atoms with E-state index in [0.29, 0.717) is 0 Å². The van der Waals surface area contributed by atoms with E-state index in [1.165, 1.54) is 18.3 Å². The molecule has 1 heterocycles. The van der Waals surface area contributed by atoms with Crippen LogP contribution in [0.5, 0.6) is 0 Å². The number of nitrogens with two attached hydrogens (primary N) is 1. The van der Waals surface area contributed by atoms with Crippen molar-refractivity contribution in [3.63, 3.8) is 0 Å². The number of anilines is 1. The molecule has 0 aliphatic rings. The fraction of sp³-hybridized carbons (Fsp3) is 0. The zero-order valence-corrected chi connectivity index (χ0v) is 10.6. The van der Waals surface area contributed by atoms with E-state index in [2.05, 4.69) is 20.7 Å². The van der Waals surface area contributed by atoms with Gasteiger partial charge < -0.3 is 16.3 Å². The van der Waals surface area contributed by atoms with Crippen molar-refractivity contribution in [2.75, 3.05) is 5.32 Å².